The van der Waals surface area contributed by atoms with E-state index in [0.29, 0.717) is 26.1 Å². The van der Waals surface area contributed by atoms with Gasteiger partial charge in [-0.25, -0.2) is 9.59 Å². The molecule has 0 radical (unpaired) electrons. The van der Waals surface area contributed by atoms with Gasteiger partial charge in [-0.15, -0.1) is 0 Å². The number of benzene rings is 3. The Bertz CT molecular complexity index is 1560. The minimum atomic E-state index is -1.15. The van der Waals surface area contributed by atoms with Crippen molar-refractivity contribution in [3.05, 3.63) is 77.9 Å². The zero-order chi connectivity index (χ0) is 34.8. The third-order valence-electron chi connectivity index (χ3n) is 7.98. The molecule has 11 nitrogen and oxygen atoms in total. The van der Waals surface area contributed by atoms with Crippen molar-refractivity contribution in [3.8, 4) is 0 Å². The van der Waals surface area contributed by atoms with Crippen molar-refractivity contribution >= 4 is 40.6 Å². The van der Waals surface area contributed by atoms with Gasteiger partial charge < -0.3 is 29.2 Å². The maximum absolute atomic E-state index is 13.9. The first-order chi connectivity index (χ1) is 22.8. The number of anilines is 1. The Kier molecular flexibility index (Phi) is 12.3. The normalized spacial score (nSPS) is 15.7. The molecule has 3 aromatic rings. The molecule has 1 N–H and O–H groups in total. The summed E-state index contributed by atoms with van der Waals surface area (Å²) in [4.78, 5) is 54.2. The van der Waals surface area contributed by atoms with E-state index in [1.54, 1.807) is 32.6 Å². The standard InChI is InChI=1S/C37H47N3O8/c1-7-45-34(42)23-27-15-17-29(18-16-27)39-22-20-30(24-39)40(25(2)31-14-10-12-28-11-8-9-13-32(28)31)36(44)47-26(3)46-33(41)19-21-38-35(43)48-37(4,5)6/h8-18,25-26,30H,7,19-24H2,1-6H3,(H,38,43)/t25-,26?,30+/m1/s1. The van der Waals surface area contributed by atoms with E-state index in [0.717, 1.165) is 27.6 Å². The highest BCUT2D eigenvalue weighted by atomic mass is 16.7. The molecule has 0 saturated carbocycles. The second kappa shape index (κ2) is 16.3. The largest absolute Gasteiger partial charge is 0.466 e. The van der Waals surface area contributed by atoms with E-state index in [9.17, 15) is 19.2 Å². The molecule has 4 rings (SSSR count). The van der Waals surface area contributed by atoms with Gasteiger partial charge in [0, 0.05) is 32.2 Å². The average molecular weight is 662 g/mol. The first kappa shape index (κ1) is 36.0. The summed E-state index contributed by atoms with van der Waals surface area (Å²) in [6.45, 7) is 12.1. The molecule has 2 amide bonds. The predicted octanol–water partition coefficient (Wildman–Crippen LogP) is 6.53. The minimum absolute atomic E-state index is 0.0143. The topological polar surface area (TPSA) is 124 Å². The fourth-order valence-corrected chi connectivity index (χ4v) is 5.85. The van der Waals surface area contributed by atoms with Crippen molar-refractivity contribution in [2.45, 2.75) is 84.8 Å². The summed E-state index contributed by atoms with van der Waals surface area (Å²) in [6, 6.07) is 21.3. The van der Waals surface area contributed by atoms with E-state index < -0.39 is 30.0 Å². The highest BCUT2D eigenvalue weighted by molar-refractivity contribution is 5.86. The van der Waals surface area contributed by atoms with Crippen LogP contribution in [-0.4, -0.2) is 73.2 Å². The molecular weight excluding hydrogens is 614 g/mol. The Morgan fingerprint density at radius 2 is 1.65 bits per heavy atom. The third-order valence-corrected chi connectivity index (χ3v) is 7.98. The summed E-state index contributed by atoms with van der Waals surface area (Å²) >= 11 is 0. The number of rotatable bonds is 12. The van der Waals surface area contributed by atoms with Crippen LogP contribution in [0.4, 0.5) is 15.3 Å². The fourth-order valence-electron chi connectivity index (χ4n) is 5.85. The molecule has 3 aromatic carbocycles. The van der Waals surface area contributed by atoms with Gasteiger partial charge in [-0.05, 0) is 75.1 Å². The Balaban J connectivity index is 1.45. The molecule has 1 aliphatic rings. The van der Waals surface area contributed by atoms with Crippen molar-refractivity contribution in [1.29, 1.82) is 0 Å². The van der Waals surface area contributed by atoms with Gasteiger partial charge in [-0.2, -0.15) is 0 Å². The maximum atomic E-state index is 13.9. The second-order valence-corrected chi connectivity index (χ2v) is 12.8. The van der Waals surface area contributed by atoms with Gasteiger partial charge in [0.05, 0.1) is 31.5 Å². The maximum Gasteiger partial charge on any atom is 0.413 e. The smallest absolute Gasteiger partial charge is 0.413 e. The number of carbonyl (C=O) groups is 4. The Hall–Kier alpha value is -4.80. The van der Waals surface area contributed by atoms with Gasteiger partial charge in [0.2, 0.25) is 6.29 Å². The highest BCUT2D eigenvalue weighted by Crippen LogP contribution is 2.34. The lowest BCUT2D eigenvalue weighted by Gasteiger charge is -2.35. The lowest BCUT2D eigenvalue weighted by atomic mass is 9.97. The number of esters is 2. The Morgan fingerprint density at radius 1 is 0.938 bits per heavy atom. The molecule has 1 unspecified atom stereocenters. The summed E-state index contributed by atoms with van der Waals surface area (Å²) < 4.78 is 21.3. The number of amides is 2. The molecule has 48 heavy (non-hydrogen) atoms. The summed E-state index contributed by atoms with van der Waals surface area (Å²) in [7, 11) is 0. The number of alkyl carbamates (subject to hydrolysis) is 1. The van der Waals surface area contributed by atoms with Crippen LogP contribution in [0.15, 0.2) is 66.7 Å². The number of nitrogens with zero attached hydrogens (tertiary/aromatic N) is 2. The van der Waals surface area contributed by atoms with Crippen LogP contribution in [0.5, 0.6) is 0 Å². The number of hydrogen-bond donors (Lipinski definition) is 1. The third kappa shape index (κ3) is 10.1. The van der Waals surface area contributed by atoms with Crippen LogP contribution < -0.4 is 10.2 Å². The quantitative estimate of drug-likeness (QED) is 0.131. The molecule has 1 saturated heterocycles. The van der Waals surface area contributed by atoms with Crippen molar-refractivity contribution in [3.63, 3.8) is 0 Å². The van der Waals surface area contributed by atoms with Crippen molar-refractivity contribution in [2.75, 3.05) is 31.1 Å². The Labute approximate surface area is 282 Å². The van der Waals surface area contributed by atoms with E-state index in [2.05, 4.69) is 10.2 Å². The van der Waals surface area contributed by atoms with E-state index in [1.807, 2.05) is 73.7 Å². The monoisotopic (exact) mass is 661 g/mol. The van der Waals surface area contributed by atoms with Crippen molar-refractivity contribution in [2.24, 2.45) is 0 Å². The van der Waals surface area contributed by atoms with Gasteiger partial charge >= 0.3 is 24.1 Å². The van der Waals surface area contributed by atoms with E-state index in [4.69, 9.17) is 18.9 Å². The van der Waals surface area contributed by atoms with E-state index in [1.165, 1.54) is 6.92 Å². The van der Waals surface area contributed by atoms with Gasteiger partial charge in [0.25, 0.3) is 0 Å². The van der Waals surface area contributed by atoms with E-state index in [-0.39, 0.29) is 37.4 Å². The van der Waals surface area contributed by atoms with Crippen LogP contribution in [-0.2, 0) is 35.0 Å². The molecule has 3 atom stereocenters. The highest BCUT2D eigenvalue weighted by Gasteiger charge is 2.37. The molecule has 0 aliphatic carbocycles. The SMILES string of the molecule is CCOC(=O)Cc1ccc(N2CC[C@H](N(C(=O)OC(C)OC(=O)CCNC(=O)OC(C)(C)C)[C@H](C)c3cccc4ccccc34)C2)cc1. The minimum Gasteiger partial charge on any atom is -0.466 e. The predicted molar refractivity (Wildman–Crippen MR) is 182 cm³/mol. The summed E-state index contributed by atoms with van der Waals surface area (Å²) in [6.07, 6.45) is -1.60. The molecular formula is C37H47N3O8. The van der Waals surface area contributed by atoms with Gasteiger partial charge in [0.15, 0.2) is 0 Å². The number of hydrogen-bond acceptors (Lipinski definition) is 9. The van der Waals surface area contributed by atoms with Gasteiger partial charge in [0.1, 0.15) is 5.60 Å². The lowest BCUT2D eigenvalue weighted by Crippen LogP contribution is -2.45. The van der Waals surface area contributed by atoms with Crippen LogP contribution in [0.2, 0.25) is 0 Å². The van der Waals surface area contributed by atoms with Crippen LogP contribution in [0.3, 0.4) is 0 Å². The fraction of sp³-hybridized carbons (Fsp3) is 0.459. The molecule has 11 heteroatoms. The van der Waals surface area contributed by atoms with Crippen molar-refractivity contribution < 1.29 is 38.1 Å². The van der Waals surface area contributed by atoms with Crippen LogP contribution >= 0.6 is 0 Å². The summed E-state index contributed by atoms with van der Waals surface area (Å²) in [5.74, 6) is -0.890. The van der Waals surface area contributed by atoms with Crippen LogP contribution in [0.25, 0.3) is 10.8 Å². The summed E-state index contributed by atoms with van der Waals surface area (Å²) in [5.41, 5.74) is 2.17. The molecule has 258 valence electrons. The number of nitrogens with one attached hydrogen (secondary N) is 1. The first-order valence-electron chi connectivity index (χ1n) is 16.5. The van der Waals surface area contributed by atoms with Gasteiger partial charge in [-0.3, -0.25) is 14.5 Å². The van der Waals surface area contributed by atoms with E-state index >= 15 is 0 Å². The molecule has 0 aromatic heterocycles. The van der Waals surface area contributed by atoms with Gasteiger partial charge in [-0.1, -0.05) is 54.6 Å². The average Bonchev–Trinajstić information content (AvgIpc) is 3.50. The first-order valence-corrected chi connectivity index (χ1v) is 16.5. The second-order valence-electron chi connectivity index (χ2n) is 12.8. The molecule has 1 heterocycles. The zero-order valence-corrected chi connectivity index (χ0v) is 28.7. The van der Waals surface area contributed by atoms with Crippen LogP contribution in [0.1, 0.15) is 71.6 Å². The number of ether oxygens (including phenoxy) is 4. The lowest BCUT2D eigenvalue weighted by molar-refractivity contribution is -0.166. The zero-order valence-electron chi connectivity index (χ0n) is 28.7. The number of fused-ring (bicyclic) bond motifs is 1. The molecule has 0 bridgehead atoms. The molecule has 1 fully saturated rings. The molecule has 0 spiro atoms. The Morgan fingerprint density at radius 3 is 2.35 bits per heavy atom. The molecule has 1 aliphatic heterocycles. The van der Waals surface area contributed by atoms with Crippen molar-refractivity contribution in [1.82, 2.24) is 10.2 Å². The number of carbonyl (C=O) groups excluding carboxylic acids is 4. The van der Waals surface area contributed by atoms with Crippen LogP contribution in [0, 0.1) is 0 Å². The summed E-state index contributed by atoms with van der Waals surface area (Å²) in [5, 5.41) is 4.62.